The smallest absolute Gasteiger partial charge is 0.0630 e. The van der Waals surface area contributed by atoms with Crippen molar-refractivity contribution in [1.82, 2.24) is 4.57 Å². The van der Waals surface area contributed by atoms with E-state index in [0.29, 0.717) is 0 Å². The van der Waals surface area contributed by atoms with Crippen LogP contribution < -0.4 is 0 Å². The van der Waals surface area contributed by atoms with Crippen LogP contribution in [-0.4, -0.2) is 10.8 Å². The van der Waals surface area contributed by atoms with Gasteiger partial charge in [0.2, 0.25) is 0 Å². The highest BCUT2D eigenvalue weighted by atomic mass is 15.0. The zero-order valence-electron chi connectivity index (χ0n) is 15.4. The zero-order chi connectivity index (χ0) is 17.6. The lowest BCUT2D eigenvalue weighted by atomic mass is 10.1. The second-order valence-corrected chi connectivity index (χ2v) is 6.53. The van der Waals surface area contributed by atoms with E-state index in [9.17, 15) is 0 Å². The first-order valence-corrected chi connectivity index (χ1v) is 9.06. The summed E-state index contributed by atoms with van der Waals surface area (Å²) in [5.74, 6) is 0. The molecule has 0 aliphatic heterocycles. The van der Waals surface area contributed by atoms with Gasteiger partial charge in [0.15, 0.2) is 0 Å². The predicted molar refractivity (Wildman–Crippen MR) is 108 cm³/mol. The Morgan fingerprint density at radius 3 is 2.36 bits per heavy atom. The average molecular weight is 330 g/mol. The minimum atomic E-state index is 1.00. The van der Waals surface area contributed by atoms with Crippen LogP contribution in [0.15, 0.2) is 65.7 Å². The van der Waals surface area contributed by atoms with Crippen LogP contribution in [0.3, 0.4) is 0 Å². The van der Waals surface area contributed by atoms with Crippen LogP contribution in [-0.2, 0) is 6.42 Å². The van der Waals surface area contributed by atoms with Crippen LogP contribution in [0.1, 0.15) is 42.3 Å². The van der Waals surface area contributed by atoms with Crippen LogP contribution >= 0.6 is 0 Å². The van der Waals surface area contributed by atoms with Gasteiger partial charge in [-0.05, 0) is 62.6 Å². The third-order valence-corrected chi connectivity index (χ3v) is 4.59. The van der Waals surface area contributed by atoms with E-state index in [1.807, 2.05) is 12.3 Å². The lowest BCUT2D eigenvalue weighted by Crippen LogP contribution is -1.98. The molecule has 2 heteroatoms. The molecule has 128 valence electrons. The van der Waals surface area contributed by atoms with E-state index < -0.39 is 0 Å². The van der Waals surface area contributed by atoms with Gasteiger partial charge < -0.3 is 4.57 Å². The van der Waals surface area contributed by atoms with Gasteiger partial charge in [-0.3, -0.25) is 4.99 Å². The van der Waals surface area contributed by atoms with Crippen molar-refractivity contribution in [2.45, 2.75) is 40.0 Å². The fourth-order valence-corrected chi connectivity index (χ4v) is 3.17. The van der Waals surface area contributed by atoms with E-state index in [0.717, 1.165) is 17.7 Å². The van der Waals surface area contributed by atoms with Crippen molar-refractivity contribution in [2.75, 3.05) is 0 Å². The molecule has 3 aromatic rings. The summed E-state index contributed by atoms with van der Waals surface area (Å²) in [6.07, 6.45) is 5.60. The number of para-hydroxylation sites is 1. The van der Waals surface area contributed by atoms with Crippen molar-refractivity contribution >= 4 is 11.9 Å². The molecule has 0 atom stereocenters. The second kappa shape index (κ2) is 7.98. The summed E-state index contributed by atoms with van der Waals surface area (Å²) in [5.41, 5.74) is 7.19. The molecule has 25 heavy (non-hydrogen) atoms. The van der Waals surface area contributed by atoms with Gasteiger partial charge in [-0.25, -0.2) is 0 Å². The third kappa shape index (κ3) is 4.08. The van der Waals surface area contributed by atoms with Crippen molar-refractivity contribution < 1.29 is 0 Å². The Labute approximate surface area is 150 Å². The molecular formula is C23H26N2. The molecular weight excluding hydrogens is 304 g/mol. The first-order valence-electron chi connectivity index (χ1n) is 9.06. The number of aliphatic imine (C=N–C) groups is 1. The Kier molecular flexibility index (Phi) is 5.49. The minimum absolute atomic E-state index is 1.00. The van der Waals surface area contributed by atoms with Gasteiger partial charge in [0, 0.05) is 28.9 Å². The zero-order valence-corrected chi connectivity index (χ0v) is 15.4. The normalized spacial score (nSPS) is 11.3. The van der Waals surface area contributed by atoms with Gasteiger partial charge >= 0.3 is 0 Å². The highest BCUT2D eigenvalue weighted by Gasteiger charge is 2.08. The highest BCUT2D eigenvalue weighted by molar-refractivity contribution is 5.84. The van der Waals surface area contributed by atoms with E-state index in [1.54, 1.807) is 0 Å². The summed E-state index contributed by atoms with van der Waals surface area (Å²) in [4.78, 5) is 4.67. The molecule has 0 aliphatic carbocycles. The maximum atomic E-state index is 4.67. The summed E-state index contributed by atoms with van der Waals surface area (Å²) in [7, 11) is 0. The summed E-state index contributed by atoms with van der Waals surface area (Å²) in [6.45, 7) is 6.51. The number of hydrogen-bond donors (Lipinski definition) is 0. The van der Waals surface area contributed by atoms with Crippen molar-refractivity contribution in [3.8, 4) is 5.69 Å². The van der Waals surface area contributed by atoms with Crippen molar-refractivity contribution in [1.29, 1.82) is 0 Å². The third-order valence-electron chi connectivity index (χ3n) is 4.59. The molecule has 2 nitrogen and oxygen atoms in total. The van der Waals surface area contributed by atoms with Gasteiger partial charge in [0.1, 0.15) is 0 Å². The standard InChI is InChI=1S/C23H26N2/c1-4-5-9-20-12-14-22(15-13-20)24-17-21-16-18(2)25(19(21)3)23-10-7-6-8-11-23/h6-8,10-17H,4-5,9H2,1-3H3. The average Bonchev–Trinajstić information content (AvgIpc) is 2.93. The minimum Gasteiger partial charge on any atom is -0.318 e. The number of aromatic nitrogens is 1. The van der Waals surface area contributed by atoms with E-state index in [-0.39, 0.29) is 0 Å². The number of nitrogens with zero attached hydrogens (tertiary/aromatic N) is 2. The van der Waals surface area contributed by atoms with Crippen LogP contribution in [0, 0.1) is 13.8 Å². The number of aryl methyl sites for hydroxylation is 2. The van der Waals surface area contributed by atoms with Crippen LogP contribution in [0.4, 0.5) is 5.69 Å². The van der Waals surface area contributed by atoms with E-state index in [2.05, 4.69) is 84.9 Å². The van der Waals surface area contributed by atoms with Crippen molar-refractivity contribution in [3.63, 3.8) is 0 Å². The molecule has 0 saturated heterocycles. The molecule has 0 radical (unpaired) electrons. The quantitative estimate of drug-likeness (QED) is 0.480. The molecule has 0 spiro atoms. The highest BCUT2D eigenvalue weighted by Crippen LogP contribution is 2.21. The molecule has 0 aliphatic rings. The molecule has 1 heterocycles. The first kappa shape index (κ1) is 17.2. The number of hydrogen-bond acceptors (Lipinski definition) is 1. The Morgan fingerprint density at radius 1 is 0.960 bits per heavy atom. The second-order valence-electron chi connectivity index (χ2n) is 6.53. The maximum Gasteiger partial charge on any atom is 0.0630 e. The fraction of sp³-hybridized carbons (Fsp3) is 0.261. The van der Waals surface area contributed by atoms with E-state index >= 15 is 0 Å². The van der Waals surface area contributed by atoms with Gasteiger partial charge in [-0.1, -0.05) is 43.7 Å². The Bertz CT molecular complexity index is 840. The summed E-state index contributed by atoms with van der Waals surface area (Å²) in [5, 5.41) is 0. The van der Waals surface area contributed by atoms with Crippen LogP contribution in [0.25, 0.3) is 5.69 Å². The van der Waals surface area contributed by atoms with Gasteiger partial charge in [0.05, 0.1) is 5.69 Å². The molecule has 0 unspecified atom stereocenters. The van der Waals surface area contributed by atoms with E-state index in [4.69, 9.17) is 0 Å². The van der Waals surface area contributed by atoms with E-state index in [1.165, 1.54) is 35.5 Å². The molecule has 0 bridgehead atoms. The Hall–Kier alpha value is -2.61. The molecule has 0 saturated carbocycles. The maximum absolute atomic E-state index is 4.67. The first-order chi connectivity index (χ1) is 12.2. The monoisotopic (exact) mass is 330 g/mol. The number of rotatable bonds is 6. The number of benzene rings is 2. The van der Waals surface area contributed by atoms with Gasteiger partial charge in [-0.2, -0.15) is 0 Å². The Morgan fingerprint density at radius 2 is 1.68 bits per heavy atom. The fourth-order valence-electron chi connectivity index (χ4n) is 3.17. The number of unbranched alkanes of at least 4 members (excludes halogenated alkanes) is 1. The predicted octanol–water partition coefficient (Wildman–Crippen LogP) is 6.19. The molecule has 1 aromatic heterocycles. The lowest BCUT2D eigenvalue weighted by Gasteiger charge is -2.08. The SMILES string of the molecule is CCCCc1ccc(N=Cc2cc(C)n(-c3ccccc3)c2C)cc1. The summed E-state index contributed by atoms with van der Waals surface area (Å²) < 4.78 is 2.27. The van der Waals surface area contributed by atoms with Crippen molar-refractivity contribution in [2.24, 2.45) is 4.99 Å². The topological polar surface area (TPSA) is 17.3 Å². The van der Waals surface area contributed by atoms with Gasteiger partial charge in [-0.15, -0.1) is 0 Å². The molecule has 3 rings (SSSR count). The Balaban J connectivity index is 1.80. The van der Waals surface area contributed by atoms with Crippen LogP contribution in [0.2, 0.25) is 0 Å². The van der Waals surface area contributed by atoms with Gasteiger partial charge in [0.25, 0.3) is 0 Å². The largest absolute Gasteiger partial charge is 0.318 e. The molecule has 0 fully saturated rings. The van der Waals surface area contributed by atoms with Crippen LogP contribution in [0.5, 0.6) is 0 Å². The van der Waals surface area contributed by atoms with Crippen molar-refractivity contribution in [3.05, 3.63) is 83.2 Å². The molecule has 2 aromatic carbocycles. The lowest BCUT2D eigenvalue weighted by molar-refractivity contribution is 0.795. The summed E-state index contributed by atoms with van der Waals surface area (Å²) >= 11 is 0. The molecule has 0 amide bonds. The molecule has 0 N–H and O–H groups in total. The summed E-state index contributed by atoms with van der Waals surface area (Å²) in [6, 6.07) is 21.3.